The van der Waals surface area contributed by atoms with Gasteiger partial charge in [-0.15, -0.1) is 0 Å². The smallest absolute Gasteiger partial charge is 0.330 e. The Kier molecular flexibility index (Phi) is 4.42. The molecule has 0 saturated carbocycles. The summed E-state index contributed by atoms with van der Waals surface area (Å²) in [6.45, 7) is 1.58. The summed E-state index contributed by atoms with van der Waals surface area (Å²) in [4.78, 5) is 25.2. The van der Waals surface area contributed by atoms with Crippen molar-refractivity contribution in [3.05, 3.63) is 42.3 Å². The molecule has 106 valence electrons. The first-order chi connectivity index (χ1) is 9.42. The molecule has 2 heterocycles. The molecule has 1 aliphatic rings. The van der Waals surface area contributed by atoms with Crippen molar-refractivity contribution in [2.45, 2.75) is 31.8 Å². The van der Waals surface area contributed by atoms with Gasteiger partial charge in [-0.05, 0) is 35.6 Å². The summed E-state index contributed by atoms with van der Waals surface area (Å²) < 4.78 is 7.21. The quantitative estimate of drug-likeness (QED) is 0.560. The molecule has 1 aromatic rings. The monoisotopic (exact) mass is 389 g/mol. The molecule has 1 saturated heterocycles. The molecule has 1 fully saturated rings. The van der Waals surface area contributed by atoms with E-state index in [1.807, 2.05) is 28.7 Å². The summed E-state index contributed by atoms with van der Waals surface area (Å²) in [7, 11) is 0. The second kappa shape index (κ2) is 5.90. The number of H-pyrrole nitrogens is 1. The zero-order chi connectivity index (χ0) is 14.9. The first-order valence-electron chi connectivity index (χ1n) is 5.85. The number of halogens is 1. The molecular formula is C12H12IN3O4. The molecule has 2 N–H and O–H groups in total. The van der Waals surface area contributed by atoms with E-state index >= 15 is 0 Å². The lowest BCUT2D eigenvalue weighted by atomic mass is 10.1. The van der Waals surface area contributed by atoms with Crippen LogP contribution in [0.2, 0.25) is 0 Å². The lowest BCUT2D eigenvalue weighted by molar-refractivity contribution is 0.00471. The highest BCUT2D eigenvalue weighted by molar-refractivity contribution is 14.1. The highest BCUT2D eigenvalue weighted by atomic mass is 127. The van der Waals surface area contributed by atoms with E-state index in [1.54, 1.807) is 6.92 Å². The summed E-state index contributed by atoms with van der Waals surface area (Å²) in [5, 5.41) is 18.6. The third-order valence-corrected chi connectivity index (χ3v) is 3.61. The van der Waals surface area contributed by atoms with Gasteiger partial charge in [0, 0.05) is 18.2 Å². The maximum absolute atomic E-state index is 11.7. The minimum Gasteiger partial charge on any atom is -0.390 e. The zero-order valence-electron chi connectivity index (χ0n) is 10.5. The van der Waals surface area contributed by atoms with Gasteiger partial charge >= 0.3 is 5.69 Å². The fourth-order valence-electron chi connectivity index (χ4n) is 1.98. The minimum atomic E-state index is -0.808. The van der Waals surface area contributed by atoms with E-state index in [0.717, 1.165) is 0 Å². The van der Waals surface area contributed by atoms with Crippen LogP contribution in [0.25, 0.3) is 0 Å². The molecule has 2 rings (SSSR count). The zero-order valence-corrected chi connectivity index (χ0v) is 12.7. The molecule has 0 unspecified atom stereocenters. The van der Waals surface area contributed by atoms with Gasteiger partial charge in [0.15, 0.2) is 0 Å². The highest BCUT2D eigenvalue weighted by Gasteiger charge is 2.34. The Labute approximate surface area is 127 Å². The second-order valence-corrected chi connectivity index (χ2v) is 5.63. The molecule has 0 spiro atoms. The summed E-state index contributed by atoms with van der Waals surface area (Å²) in [6.07, 6.45) is 0.997. The molecule has 0 bridgehead atoms. The van der Waals surface area contributed by atoms with Crippen molar-refractivity contribution >= 4 is 22.6 Å². The molecular weight excluding hydrogens is 377 g/mol. The van der Waals surface area contributed by atoms with Crippen LogP contribution in [0.1, 0.15) is 18.2 Å². The van der Waals surface area contributed by atoms with Gasteiger partial charge in [0.1, 0.15) is 18.4 Å². The van der Waals surface area contributed by atoms with Gasteiger partial charge in [0.25, 0.3) is 5.56 Å². The van der Waals surface area contributed by atoms with Gasteiger partial charge in [-0.2, -0.15) is 5.26 Å². The van der Waals surface area contributed by atoms with E-state index in [2.05, 4.69) is 4.98 Å². The average Bonchev–Trinajstić information content (AvgIpc) is 2.75. The molecule has 0 aromatic carbocycles. The molecule has 0 amide bonds. The number of aryl methyl sites for hydroxylation is 1. The fourth-order valence-corrected chi connectivity index (χ4v) is 2.33. The number of hydrogen-bond donors (Lipinski definition) is 2. The third-order valence-electron chi connectivity index (χ3n) is 3.01. The van der Waals surface area contributed by atoms with Crippen LogP contribution in [0.3, 0.4) is 0 Å². The first kappa shape index (κ1) is 15.0. The maximum Gasteiger partial charge on any atom is 0.330 e. The summed E-state index contributed by atoms with van der Waals surface area (Å²) >= 11 is 1.84. The SMILES string of the molecule is Cc1cn([C@H]2C[C@H](O)[C@@H](/C=C(\I)C#N)O2)c(=O)[nH]c1=O. The lowest BCUT2D eigenvalue weighted by Gasteiger charge is -2.14. The molecule has 0 radical (unpaired) electrons. The van der Waals surface area contributed by atoms with Crippen LogP contribution in [-0.2, 0) is 4.74 Å². The van der Waals surface area contributed by atoms with Gasteiger partial charge in [0.2, 0.25) is 0 Å². The molecule has 7 nitrogen and oxygen atoms in total. The number of nitrogens with one attached hydrogen (secondary N) is 1. The van der Waals surface area contributed by atoms with Gasteiger partial charge < -0.3 is 9.84 Å². The summed E-state index contributed by atoms with van der Waals surface area (Å²) in [5.41, 5.74) is -0.647. The molecule has 3 atom stereocenters. The van der Waals surface area contributed by atoms with E-state index in [0.29, 0.717) is 9.14 Å². The van der Waals surface area contributed by atoms with Gasteiger partial charge in [0.05, 0.1) is 9.68 Å². The molecule has 0 aliphatic carbocycles. The van der Waals surface area contributed by atoms with Gasteiger partial charge in [-0.25, -0.2) is 4.79 Å². The molecule has 1 aliphatic heterocycles. The van der Waals surface area contributed by atoms with Crippen LogP contribution in [0, 0.1) is 18.3 Å². The van der Waals surface area contributed by atoms with Crippen molar-refractivity contribution in [2.75, 3.05) is 0 Å². The molecule has 1 aromatic heterocycles. The number of aromatic amines is 1. The molecule has 8 heteroatoms. The average molecular weight is 389 g/mol. The maximum atomic E-state index is 11.7. The Morgan fingerprint density at radius 1 is 1.70 bits per heavy atom. The Morgan fingerprint density at radius 3 is 3.05 bits per heavy atom. The topological polar surface area (TPSA) is 108 Å². The summed E-state index contributed by atoms with van der Waals surface area (Å²) in [5.74, 6) is 0. The number of aliphatic hydroxyl groups is 1. The van der Waals surface area contributed by atoms with Crippen molar-refractivity contribution in [2.24, 2.45) is 0 Å². The van der Waals surface area contributed by atoms with Crippen LogP contribution in [-0.4, -0.2) is 26.9 Å². The number of rotatable bonds is 2. The number of allylic oxidation sites excluding steroid dienone is 1. The van der Waals surface area contributed by atoms with Crippen LogP contribution < -0.4 is 11.2 Å². The predicted molar refractivity (Wildman–Crippen MR) is 78.3 cm³/mol. The van der Waals surface area contributed by atoms with Crippen molar-refractivity contribution in [1.82, 2.24) is 9.55 Å². The fraction of sp³-hybridized carbons (Fsp3) is 0.417. The normalized spacial score (nSPS) is 26.5. The predicted octanol–water partition coefficient (Wildman–Crippen LogP) is 0.336. The number of aromatic nitrogens is 2. The standard InChI is InChI=1S/C12H12IN3O4/c1-6-5-16(12(19)15-11(6)18)10-3-8(17)9(20-10)2-7(13)4-14/h2,5,8-10,17H,3H2,1H3,(H,15,18,19)/b7-2-/t8-,9+,10+/m0/s1. The highest BCUT2D eigenvalue weighted by Crippen LogP contribution is 2.29. The van der Waals surface area contributed by atoms with E-state index in [-0.39, 0.29) is 6.42 Å². The molecule has 20 heavy (non-hydrogen) atoms. The Hall–Kier alpha value is -1.44. The number of nitriles is 1. The second-order valence-electron chi connectivity index (χ2n) is 4.46. The van der Waals surface area contributed by atoms with E-state index in [1.165, 1.54) is 16.8 Å². The van der Waals surface area contributed by atoms with Crippen molar-refractivity contribution in [3.8, 4) is 6.07 Å². The number of aliphatic hydroxyl groups excluding tert-OH is 1. The van der Waals surface area contributed by atoms with E-state index in [4.69, 9.17) is 10.00 Å². The first-order valence-corrected chi connectivity index (χ1v) is 6.93. The third kappa shape index (κ3) is 3.00. The number of nitrogens with zero attached hydrogens (tertiary/aromatic N) is 2. The van der Waals surface area contributed by atoms with Crippen LogP contribution in [0.4, 0.5) is 0 Å². The Balaban J connectivity index is 2.30. The lowest BCUT2D eigenvalue weighted by Crippen LogP contribution is -2.33. The largest absolute Gasteiger partial charge is 0.390 e. The van der Waals surface area contributed by atoms with Gasteiger partial charge in [-0.1, -0.05) is 0 Å². The van der Waals surface area contributed by atoms with Crippen LogP contribution in [0.5, 0.6) is 0 Å². The number of hydrogen-bond acceptors (Lipinski definition) is 5. The van der Waals surface area contributed by atoms with Crippen molar-refractivity contribution in [1.29, 1.82) is 5.26 Å². The van der Waals surface area contributed by atoms with E-state index in [9.17, 15) is 14.7 Å². The van der Waals surface area contributed by atoms with Crippen LogP contribution in [0.15, 0.2) is 25.4 Å². The Bertz CT molecular complexity index is 700. The Morgan fingerprint density at radius 2 is 2.40 bits per heavy atom. The summed E-state index contributed by atoms with van der Waals surface area (Å²) in [6, 6.07) is 1.94. The van der Waals surface area contributed by atoms with E-state index < -0.39 is 29.7 Å². The van der Waals surface area contributed by atoms with Crippen molar-refractivity contribution in [3.63, 3.8) is 0 Å². The van der Waals surface area contributed by atoms with Crippen molar-refractivity contribution < 1.29 is 9.84 Å². The van der Waals surface area contributed by atoms with Crippen LogP contribution >= 0.6 is 22.6 Å². The minimum absolute atomic E-state index is 0.210. The number of ether oxygens (including phenoxy) is 1. The van der Waals surface area contributed by atoms with Gasteiger partial charge in [-0.3, -0.25) is 14.3 Å².